The summed E-state index contributed by atoms with van der Waals surface area (Å²) in [6.07, 6.45) is 0.487. The number of aromatic nitrogens is 1. The standard InChI is InChI=1S/C12H15N5O4S/c1-2-16-3-4-17(10(20)9(16)19)12(21)15-7(5-18)8-6-22-11(13)14-8/h5-7H,2-4H2,1H3,(H2,13,14)(H,15,21). The predicted molar refractivity (Wildman–Crippen MR) is 77.8 cm³/mol. The number of hydrogen-bond acceptors (Lipinski definition) is 7. The van der Waals surface area contributed by atoms with Gasteiger partial charge in [0.2, 0.25) is 0 Å². The van der Waals surface area contributed by atoms with Crippen LogP contribution >= 0.6 is 11.3 Å². The van der Waals surface area contributed by atoms with Crippen molar-refractivity contribution in [2.75, 3.05) is 25.4 Å². The molecule has 2 heterocycles. The molecule has 2 rings (SSSR count). The summed E-state index contributed by atoms with van der Waals surface area (Å²) in [7, 11) is 0. The van der Waals surface area contributed by atoms with Crippen LogP contribution in [-0.4, -0.2) is 58.5 Å². The molecule has 3 N–H and O–H groups in total. The fourth-order valence-corrected chi connectivity index (χ4v) is 2.60. The minimum atomic E-state index is -1.02. The van der Waals surface area contributed by atoms with Crippen LogP contribution in [0.25, 0.3) is 0 Å². The average molecular weight is 325 g/mol. The Morgan fingerprint density at radius 3 is 2.77 bits per heavy atom. The second kappa shape index (κ2) is 6.52. The summed E-state index contributed by atoms with van der Waals surface area (Å²) in [5.74, 6) is -1.64. The third-order valence-corrected chi connectivity index (χ3v) is 3.90. The molecule has 1 aromatic rings. The van der Waals surface area contributed by atoms with Gasteiger partial charge in [-0.1, -0.05) is 0 Å². The molecule has 1 fully saturated rings. The summed E-state index contributed by atoms with van der Waals surface area (Å²) >= 11 is 1.13. The van der Waals surface area contributed by atoms with E-state index in [2.05, 4.69) is 10.3 Å². The summed E-state index contributed by atoms with van der Waals surface area (Å²) in [5, 5.41) is 4.17. The van der Waals surface area contributed by atoms with Crippen molar-refractivity contribution in [2.24, 2.45) is 0 Å². The summed E-state index contributed by atoms with van der Waals surface area (Å²) in [5.41, 5.74) is 5.77. The van der Waals surface area contributed by atoms with Crippen molar-refractivity contribution < 1.29 is 19.2 Å². The number of anilines is 1. The maximum absolute atomic E-state index is 12.1. The molecule has 1 aliphatic rings. The van der Waals surface area contributed by atoms with Gasteiger partial charge < -0.3 is 20.7 Å². The van der Waals surface area contributed by atoms with E-state index in [1.165, 1.54) is 10.3 Å². The molecule has 4 amide bonds. The van der Waals surface area contributed by atoms with Gasteiger partial charge in [0.25, 0.3) is 0 Å². The van der Waals surface area contributed by atoms with Gasteiger partial charge >= 0.3 is 17.8 Å². The third kappa shape index (κ3) is 3.06. The normalized spacial score (nSPS) is 16.6. The monoisotopic (exact) mass is 325 g/mol. The molecule has 0 bridgehead atoms. The second-order valence-electron chi connectivity index (χ2n) is 4.52. The van der Waals surface area contributed by atoms with Gasteiger partial charge in [-0.3, -0.25) is 14.5 Å². The van der Waals surface area contributed by atoms with Crippen LogP contribution in [0.1, 0.15) is 18.7 Å². The number of nitrogen functional groups attached to an aromatic ring is 1. The van der Waals surface area contributed by atoms with Crippen molar-refractivity contribution in [3.8, 4) is 0 Å². The minimum Gasteiger partial charge on any atom is -0.375 e. The van der Waals surface area contributed by atoms with Gasteiger partial charge in [-0.05, 0) is 6.92 Å². The van der Waals surface area contributed by atoms with Crippen LogP contribution in [0.2, 0.25) is 0 Å². The van der Waals surface area contributed by atoms with Gasteiger partial charge in [0.1, 0.15) is 12.3 Å². The molecule has 1 aromatic heterocycles. The average Bonchev–Trinajstić information content (AvgIpc) is 2.93. The van der Waals surface area contributed by atoms with Crippen molar-refractivity contribution in [1.82, 2.24) is 20.1 Å². The van der Waals surface area contributed by atoms with Gasteiger partial charge in [0, 0.05) is 25.0 Å². The Morgan fingerprint density at radius 1 is 1.50 bits per heavy atom. The fraction of sp³-hybridized carbons (Fsp3) is 0.417. The molecular formula is C12H15N5O4S. The number of nitrogens with one attached hydrogen (secondary N) is 1. The van der Waals surface area contributed by atoms with Crippen molar-refractivity contribution in [1.29, 1.82) is 0 Å². The Bertz CT molecular complexity index is 616. The highest BCUT2D eigenvalue weighted by molar-refractivity contribution is 7.13. The number of thiazole rings is 1. The maximum atomic E-state index is 12.1. The van der Waals surface area contributed by atoms with E-state index in [4.69, 9.17) is 5.73 Å². The molecule has 22 heavy (non-hydrogen) atoms. The zero-order chi connectivity index (χ0) is 16.3. The van der Waals surface area contributed by atoms with Gasteiger partial charge in [0.05, 0.1) is 5.69 Å². The van der Waals surface area contributed by atoms with E-state index in [0.29, 0.717) is 12.8 Å². The number of nitrogens with two attached hydrogens (primary N) is 1. The Labute approximate surface area is 130 Å². The summed E-state index contributed by atoms with van der Waals surface area (Å²) in [6.45, 7) is 2.49. The Balaban J connectivity index is 2.06. The first kappa shape index (κ1) is 15.9. The van der Waals surface area contributed by atoms with Gasteiger partial charge in [-0.2, -0.15) is 0 Å². The van der Waals surface area contributed by atoms with Crippen LogP contribution in [0.3, 0.4) is 0 Å². The van der Waals surface area contributed by atoms with Gasteiger partial charge in [-0.25, -0.2) is 9.78 Å². The first-order valence-corrected chi connectivity index (χ1v) is 7.43. The summed E-state index contributed by atoms with van der Waals surface area (Å²) < 4.78 is 0. The Morgan fingerprint density at radius 2 is 2.23 bits per heavy atom. The maximum Gasteiger partial charge on any atom is 0.325 e. The third-order valence-electron chi connectivity index (χ3n) is 3.21. The van der Waals surface area contributed by atoms with E-state index >= 15 is 0 Å². The van der Waals surface area contributed by atoms with Crippen molar-refractivity contribution >= 4 is 40.6 Å². The smallest absolute Gasteiger partial charge is 0.325 e. The van der Waals surface area contributed by atoms with E-state index in [1.807, 2.05) is 0 Å². The highest BCUT2D eigenvalue weighted by Crippen LogP contribution is 2.17. The second-order valence-corrected chi connectivity index (χ2v) is 5.41. The topological polar surface area (TPSA) is 126 Å². The molecular weight excluding hydrogens is 310 g/mol. The number of hydrogen-bond donors (Lipinski definition) is 2. The number of urea groups is 1. The molecule has 0 spiro atoms. The number of carbonyl (C=O) groups is 4. The van der Waals surface area contributed by atoms with Crippen LogP contribution in [0.15, 0.2) is 5.38 Å². The number of carbonyl (C=O) groups excluding carboxylic acids is 4. The molecule has 0 radical (unpaired) electrons. The Hall–Kier alpha value is -2.49. The number of nitrogens with zero attached hydrogens (tertiary/aromatic N) is 3. The molecule has 1 saturated heterocycles. The lowest BCUT2D eigenvalue weighted by Crippen LogP contribution is -2.58. The first-order valence-electron chi connectivity index (χ1n) is 6.55. The SMILES string of the molecule is CCN1CCN(C(=O)NC(C=O)c2csc(N)n2)C(=O)C1=O. The molecule has 1 atom stereocenters. The van der Waals surface area contributed by atoms with Crippen LogP contribution in [0, 0.1) is 0 Å². The van der Waals surface area contributed by atoms with E-state index in [0.717, 1.165) is 16.2 Å². The van der Waals surface area contributed by atoms with Crippen LogP contribution < -0.4 is 11.1 Å². The lowest BCUT2D eigenvalue weighted by molar-refractivity contribution is -0.153. The molecule has 10 heteroatoms. The van der Waals surface area contributed by atoms with Gasteiger partial charge in [-0.15, -0.1) is 11.3 Å². The van der Waals surface area contributed by atoms with E-state index in [9.17, 15) is 19.2 Å². The molecule has 1 aliphatic heterocycles. The number of piperazine rings is 1. The highest BCUT2D eigenvalue weighted by Gasteiger charge is 2.36. The molecule has 0 aromatic carbocycles. The van der Waals surface area contributed by atoms with Crippen molar-refractivity contribution in [2.45, 2.75) is 13.0 Å². The lowest BCUT2D eigenvalue weighted by Gasteiger charge is -2.32. The zero-order valence-corrected chi connectivity index (χ0v) is 12.6. The van der Waals surface area contributed by atoms with Gasteiger partial charge in [0.15, 0.2) is 5.13 Å². The van der Waals surface area contributed by atoms with Crippen molar-refractivity contribution in [3.63, 3.8) is 0 Å². The summed E-state index contributed by atoms with van der Waals surface area (Å²) in [4.78, 5) is 52.9. The molecule has 1 unspecified atom stereocenters. The van der Waals surface area contributed by atoms with E-state index in [1.54, 1.807) is 6.92 Å². The van der Waals surface area contributed by atoms with E-state index in [-0.39, 0.29) is 23.9 Å². The fourth-order valence-electron chi connectivity index (χ4n) is 2.00. The zero-order valence-electron chi connectivity index (χ0n) is 11.8. The minimum absolute atomic E-state index is 0.0784. The number of likely N-dealkylation sites (N-methyl/N-ethyl adjacent to an activating group) is 1. The lowest BCUT2D eigenvalue weighted by atomic mass is 10.2. The highest BCUT2D eigenvalue weighted by atomic mass is 32.1. The van der Waals surface area contributed by atoms with Crippen LogP contribution in [0.5, 0.6) is 0 Å². The molecule has 9 nitrogen and oxygen atoms in total. The van der Waals surface area contributed by atoms with Crippen molar-refractivity contribution in [3.05, 3.63) is 11.1 Å². The molecule has 0 saturated carbocycles. The first-order chi connectivity index (χ1) is 10.5. The largest absolute Gasteiger partial charge is 0.375 e. The van der Waals surface area contributed by atoms with E-state index < -0.39 is 23.9 Å². The molecule has 118 valence electrons. The summed E-state index contributed by atoms with van der Waals surface area (Å²) in [6, 6.07) is -1.83. The predicted octanol–water partition coefficient (Wildman–Crippen LogP) is -0.634. The number of amides is 4. The number of rotatable bonds is 4. The number of imide groups is 1. The number of aldehydes is 1. The Kier molecular flexibility index (Phi) is 4.71. The molecule has 0 aliphatic carbocycles. The van der Waals surface area contributed by atoms with Crippen LogP contribution in [0.4, 0.5) is 9.93 Å². The quantitative estimate of drug-likeness (QED) is 0.560. The van der Waals surface area contributed by atoms with Crippen LogP contribution in [-0.2, 0) is 14.4 Å².